The molecule has 2 rings (SSSR count). The lowest BCUT2D eigenvalue weighted by atomic mass is 10.1. The third kappa shape index (κ3) is 6.93. The Morgan fingerprint density at radius 3 is 2.46 bits per heavy atom. The summed E-state index contributed by atoms with van der Waals surface area (Å²) < 4.78 is 22.4. The molecular weight excluding hydrogens is 358 g/mol. The summed E-state index contributed by atoms with van der Waals surface area (Å²) in [5, 5.41) is 13.5. The number of nitrogens with zero attached hydrogens (tertiary/aromatic N) is 2. The number of amides is 1. The first kappa shape index (κ1) is 20.1. The largest absolute Gasteiger partial charge is 0.350 e. The minimum Gasteiger partial charge on any atom is -0.350 e. The average molecular weight is 381 g/mol. The summed E-state index contributed by atoms with van der Waals surface area (Å²) in [6.45, 7) is 2.04. The zero-order chi connectivity index (χ0) is 19.2. The molecule has 0 spiro atoms. The van der Waals surface area contributed by atoms with E-state index in [2.05, 4.69) is 10.2 Å². The maximum atomic E-state index is 12.0. The van der Waals surface area contributed by atoms with E-state index >= 15 is 0 Å². The third-order valence-corrected chi connectivity index (χ3v) is 5.17. The van der Waals surface area contributed by atoms with Gasteiger partial charge in [-0.1, -0.05) is 0 Å². The number of hydrogen-bond acceptors (Lipinski definition) is 6. The zero-order valence-corrected chi connectivity index (χ0v) is 15.4. The topological polar surface area (TPSA) is 110 Å². The van der Waals surface area contributed by atoms with Crippen molar-refractivity contribution in [2.45, 2.75) is 18.9 Å². The molecule has 1 aromatic carbocycles. The Kier molecular flexibility index (Phi) is 6.87. The molecule has 0 atom stereocenters. The SMILES string of the molecule is CS(=O)(=O)CCN1CCC(NC(=O)C=Cc2ccc([N+](=O)[O-])cc2)CC1. The number of rotatable bonds is 7. The van der Waals surface area contributed by atoms with E-state index in [9.17, 15) is 23.3 Å². The van der Waals surface area contributed by atoms with Crippen LogP contribution in [0.15, 0.2) is 30.3 Å². The first-order valence-corrected chi connectivity index (χ1v) is 10.4. The Morgan fingerprint density at radius 2 is 1.92 bits per heavy atom. The van der Waals surface area contributed by atoms with Crippen molar-refractivity contribution in [1.82, 2.24) is 10.2 Å². The van der Waals surface area contributed by atoms with E-state index in [0.29, 0.717) is 12.1 Å². The van der Waals surface area contributed by atoms with Crippen LogP contribution in [-0.4, -0.2) is 61.8 Å². The molecule has 0 aliphatic carbocycles. The predicted molar refractivity (Wildman–Crippen MR) is 99.4 cm³/mol. The van der Waals surface area contributed by atoms with Crippen molar-refractivity contribution >= 4 is 27.5 Å². The molecule has 142 valence electrons. The lowest BCUT2D eigenvalue weighted by molar-refractivity contribution is -0.384. The van der Waals surface area contributed by atoms with Gasteiger partial charge in [0.2, 0.25) is 5.91 Å². The number of carbonyl (C=O) groups excluding carboxylic acids is 1. The highest BCUT2D eigenvalue weighted by atomic mass is 32.2. The fourth-order valence-electron chi connectivity index (χ4n) is 2.72. The summed E-state index contributed by atoms with van der Waals surface area (Å²) in [5.74, 6) is -0.0555. The molecule has 1 aliphatic heterocycles. The molecule has 0 saturated carbocycles. The van der Waals surface area contributed by atoms with Gasteiger partial charge in [-0.3, -0.25) is 14.9 Å². The standard InChI is InChI=1S/C17H23N3O5S/c1-26(24,25)13-12-19-10-8-15(9-11-19)18-17(21)7-4-14-2-5-16(6-3-14)20(22)23/h2-7,15H,8-13H2,1H3,(H,18,21). The highest BCUT2D eigenvalue weighted by Crippen LogP contribution is 2.13. The van der Waals surface area contributed by atoms with Crippen molar-refractivity contribution in [3.8, 4) is 0 Å². The van der Waals surface area contributed by atoms with Gasteiger partial charge in [0.1, 0.15) is 9.84 Å². The second-order valence-electron chi connectivity index (χ2n) is 6.44. The van der Waals surface area contributed by atoms with E-state index < -0.39 is 14.8 Å². The monoisotopic (exact) mass is 381 g/mol. The van der Waals surface area contributed by atoms with Crippen LogP contribution < -0.4 is 5.32 Å². The molecule has 8 nitrogen and oxygen atoms in total. The molecule has 0 bridgehead atoms. The summed E-state index contributed by atoms with van der Waals surface area (Å²) in [5.41, 5.74) is 0.718. The van der Waals surface area contributed by atoms with Gasteiger partial charge >= 0.3 is 0 Å². The molecule has 1 aliphatic rings. The van der Waals surface area contributed by atoms with Crippen LogP contribution in [0.4, 0.5) is 5.69 Å². The summed E-state index contributed by atoms with van der Waals surface area (Å²) in [6.07, 6.45) is 5.82. The van der Waals surface area contributed by atoms with E-state index in [4.69, 9.17) is 0 Å². The molecule has 1 N–H and O–H groups in total. The number of nitro groups is 1. The van der Waals surface area contributed by atoms with Crippen molar-refractivity contribution in [1.29, 1.82) is 0 Å². The van der Waals surface area contributed by atoms with Crippen LogP contribution in [0.2, 0.25) is 0 Å². The smallest absolute Gasteiger partial charge is 0.269 e. The molecule has 1 heterocycles. The molecule has 1 aromatic rings. The van der Waals surface area contributed by atoms with Gasteiger partial charge < -0.3 is 10.2 Å². The molecule has 1 amide bonds. The van der Waals surface area contributed by atoms with Gasteiger partial charge in [0.25, 0.3) is 5.69 Å². The molecule has 1 fully saturated rings. The second-order valence-corrected chi connectivity index (χ2v) is 8.70. The minimum atomic E-state index is -2.96. The van der Waals surface area contributed by atoms with Crippen LogP contribution in [-0.2, 0) is 14.6 Å². The van der Waals surface area contributed by atoms with Gasteiger partial charge in [-0.2, -0.15) is 0 Å². The second kappa shape index (κ2) is 8.91. The number of nitro benzene ring substituents is 1. The summed E-state index contributed by atoms with van der Waals surface area (Å²) >= 11 is 0. The van der Waals surface area contributed by atoms with Crippen LogP contribution in [0.1, 0.15) is 18.4 Å². The number of nitrogens with one attached hydrogen (secondary N) is 1. The number of benzene rings is 1. The Bertz CT molecular complexity index is 766. The predicted octanol–water partition coefficient (Wildman–Crippen LogP) is 1.23. The Balaban J connectivity index is 1.75. The minimum absolute atomic E-state index is 0.00855. The van der Waals surface area contributed by atoms with Gasteiger partial charge in [0, 0.05) is 50.1 Å². The van der Waals surface area contributed by atoms with Crippen LogP contribution in [0.25, 0.3) is 6.08 Å². The Labute approximate surface area is 152 Å². The summed E-state index contributed by atoms with van der Waals surface area (Å²) in [7, 11) is -2.96. The van der Waals surface area contributed by atoms with Crippen molar-refractivity contribution < 1.29 is 18.1 Å². The number of piperidine rings is 1. The number of carbonyl (C=O) groups is 1. The fourth-order valence-corrected chi connectivity index (χ4v) is 3.31. The molecule has 0 radical (unpaired) electrons. The lowest BCUT2D eigenvalue weighted by Crippen LogP contribution is -2.45. The quantitative estimate of drug-likeness (QED) is 0.432. The van der Waals surface area contributed by atoms with E-state index in [1.165, 1.54) is 24.5 Å². The molecule has 26 heavy (non-hydrogen) atoms. The molecule has 9 heteroatoms. The summed E-state index contributed by atoms with van der Waals surface area (Å²) in [4.78, 5) is 24.2. The number of likely N-dealkylation sites (tertiary alicyclic amines) is 1. The lowest BCUT2D eigenvalue weighted by Gasteiger charge is -2.31. The third-order valence-electron chi connectivity index (χ3n) is 4.24. The molecular formula is C17H23N3O5S. The van der Waals surface area contributed by atoms with Crippen LogP contribution in [0, 0.1) is 10.1 Å². The van der Waals surface area contributed by atoms with Gasteiger partial charge in [-0.15, -0.1) is 0 Å². The molecule has 0 aromatic heterocycles. The molecule has 0 unspecified atom stereocenters. The highest BCUT2D eigenvalue weighted by molar-refractivity contribution is 7.90. The van der Waals surface area contributed by atoms with Gasteiger partial charge in [-0.25, -0.2) is 8.42 Å². The Morgan fingerprint density at radius 1 is 1.31 bits per heavy atom. The zero-order valence-electron chi connectivity index (χ0n) is 14.6. The van der Waals surface area contributed by atoms with E-state index in [0.717, 1.165) is 25.9 Å². The Hall–Kier alpha value is -2.26. The van der Waals surface area contributed by atoms with E-state index in [1.807, 2.05) is 0 Å². The van der Waals surface area contributed by atoms with Crippen molar-refractivity contribution in [3.05, 3.63) is 46.0 Å². The van der Waals surface area contributed by atoms with Crippen molar-refractivity contribution in [2.24, 2.45) is 0 Å². The fraction of sp³-hybridized carbons (Fsp3) is 0.471. The van der Waals surface area contributed by atoms with Crippen LogP contribution in [0.3, 0.4) is 0 Å². The normalized spacial score (nSPS) is 16.7. The van der Waals surface area contributed by atoms with Gasteiger partial charge in [0.15, 0.2) is 0 Å². The van der Waals surface area contributed by atoms with Gasteiger partial charge in [0.05, 0.1) is 10.7 Å². The maximum absolute atomic E-state index is 12.0. The summed E-state index contributed by atoms with van der Waals surface area (Å²) in [6, 6.07) is 6.02. The maximum Gasteiger partial charge on any atom is 0.269 e. The first-order chi connectivity index (χ1) is 12.2. The number of hydrogen-bond donors (Lipinski definition) is 1. The average Bonchev–Trinajstić information content (AvgIpc) is 2.59. The van der Waals surface area contributed by atoms with Crippen molar-refractivity contribution in [3.63, 3.8) is 0 Å². The number of non-ortho nitro benzene ring substituents is 1. The molecule has 1 saturated heterocycles. The van der Waals surface area contributed by atoms with Crippen molar-refractivity contribution in [2.75, 3.05) is 31.6 Å². The first-order valence-electron chi connectivity index (χ1n) is 8.36. The van der Waals surface area contributed by atoms with E-state index in [1.54, 1.807) is 18.2 Å². The van der Waals surface area contributed by atoms with Crippen LogP contribution in [0.5, 0.6) is 0 Å². The van der Waals surface area contributed by atoms with E-state index in [-0.39, 0.29) is 23.4 Å². The van der Waals surface area contributed by atoms with Crippen LogP contribution >= 0.6 is 0 Å². The van der Waals surface area contributed by atoms with Gasteiger partial charge in [-0.05, 0) is 36.6 Å². The number of sulfone groups is 1. The highest BCUT2D eigenvalue weighted by Gasteiger charge is 2.20.